The van der Waals surface area contributed by atoms with Gasteiger partial charge in [0.15, 0.2) is 0 Å². The second kappa shape index (κ2) is 9.15. The number of carbonyl (C=O) groups excluding carboxylic acids is 2. The van der Waals surface area contributed by atoms with E-state index in [2.05, 4.69) is 21.7 Å². The maximum Gasteiger partial charge on any atom is 0.338 e. The van der Waals surface area contributed by atoms with Gasteiger partial charge >= 0.3 is 5.97 Å². The Balaban J connectivity index is 1.64. The van der Waals surface area contributed by atoms with Gasteiger partial charge in [0.2, 0.25) is 0 Å². The van der Waals surface area contributed by atoms with Crippen LogP contribution < -0.4 is 10.6 Å². The Hall–Kier alpha value is -4.18. The largest absolute Gasteiger partial charge is 0.462 e. The quantitative estimate of drug-likeness (QED) is 0.618. The zero-order chi connectivity index (χ0) is 20.6. The first-order valence-electron chi connectivity index (χ1n) is 8.91. The van der Waals surface area contributed by atoms with E-state index in [1.54, 1.807) is 61.5 Å². The van der Waals surface area contributed by atoms with Gasteiger partial charge in [0.25, 0.3) is 5.91 Å². The summed E-state index contributed by atoms with van der Waals surface area (Å²) in [5.41, 5.74) is 3.02. The number of amides is 1. The maximum absolute atomic E-state index is 12.4. The van der Waals surface area contributed by atoms with Gasteiger partial charge in [-0.15, -0.1) is 0 Å². The molecule has 1 heterocycles. The van der Waals surface area contributed by atoms with Crippen LogP contribution in [0.15, 0.2) is 66.9 Å². The van der Waals surface area contributed by atoms with Gasteiger partial charge < -0.3 is 15.4 Å². The molecule has 0 fully saturated rings. The Bertz CT molecular complexity index is 1050. The Labute approximate surface area is 168 Å². The molecule has 0 aliphatic rings. The first-order chi connectivity index (χ1) is 14.1. The molecular formula is C22H18N4O3. The fraction of sp³-hybridized carbons (Fsp3) is 0.0909. The predicted octanol–water partition coefficient (Wildman–Crippen LogP) is 4.13. The number of para-hydroxylation sites is 1. The second-order valence-corrected chi connectivity index (χ2v) is 5.97. The normalized spacial score (nSPS) is 9.93. The molecule has 29 heavy (non-hydrogen) atoms. The van der Waals surface area contributed by atoms with Gasteiger partial charge in [0.1, 0.15) is 11.8 Å². The van der Waals surface area contributed by atoms with Gasteiger partial charge in [0.05, 0.1) is 35.3 Å². The summed E-state index contributed by atoms with van der Waals surface area (Å²) in [5, 5.41) is 15.0. The smallest absolute Gasteiger partial charge is 0.338 e. The number of benzene rings is 2. The zero-order valence-electron chi connectivity index (χ0n) is 15.7. The van der Waals surface area contributed by atoms with E-state index in [0.29, 0.717) is 34.8 Å². The number of carbonyl (C=O) groups is 2. The first-order valence-corrected chi connectivity index (χ1v) is 8.91. The van der Waals surface area contributed by atoms with E-state index in [9.17, 15) is 9.59 Å². The average Bonchev–Trinajstić information content (AvgIpc) is 2.75. The van der Waals surface area contributed by atoms with Crippen LogP contribution in [0.5, 0.6) is 0 Å². The number of nitriles is 1. The van der Waals surface area contributed by atoms with E-state index >= 15 is 0 Å². The van der Waals surface area contributed by atoms with Crippen LogP contribution in [0.3, 0.4) is 0 Å². The van der Waals surface area contributed by atoms with Crippen LogP contribution in [0.25, 0.3) is 0 Å². The van der Waals surface area contributed by atoms with Crippen LogP contribution in [0.2, 0.25) is 0 Å². The molecule has 0 aliphatic carbocycles. The average molecular weight is 386 g/mol. The number of ether oxygens (including phenoxy) is 1. The van der Waals surface area contributed by atoms with Gasteiger partial charge in [-0.05, 0) is 55.5 Å². The Morgan fingerprint density at radius 3 is 2.41 bits per heavy atom. The molecule has 7 nitrogen and oxygen atoms in total. The van der Waals surface area contributed by atoms with Crippen molar-refractivity contribution in [3.05, 3.63) is 83.7 Å². The lowest BCUT2D eigenvalue weighted by Crippen LogP contribution is -2.14. The molecule has 0 saturated carbocycles. The van der Waals surface area contributed by atoms with Crippen molar-refractivity contribution in [3.8, 4) is 6.07 Å². The number of esters is 1. The minimum absolute atomic E-state index is 0.235. The molecule has 0 saturated heterocycles. The van der Waals surface area contributed by atoms with Crippen molar-refractivity contribution in [1.82, 2.24) is 4.98 Å². The number of pyridine rings is 1. The fourth-order valence-corrected chi connectivity index (χ4v) is 2.55. The SMILES string of the molecule is CCOC(=O)c1ccc(NC(=O)c2ccc(Nc3ccccc3C#N)cn2)cc1. The van der Waals surface area contributed by atoms with Gasteiger partial charge in [-0.25, -0.2) is 9.78 Å². The van der Waals surface area contributed by atoms with Crippen molar-refractivity contribution in [2.24, 2.45) is 0 Å². The predicted molar refractivity (Wildman–Crippen MR) is 109 cm³/mol. The third kappa shape index (κ3) is 4.96. The van der Waals surface area contributed by atoms with Crippen molar-refractivity contribution >= 4 is 28.9 Å². The molecule has 7 heteroatoms. The molecule has 2 N–H and O–H groups in total. The monoisotopic (exact) mass is 386 g/mol. The van der Waals surface area contributed by atoms with Crippen LogP contribution in [0.1, 0.15) is 33.3 Å². The maximum atomic E-state index is 12.4. The summed E-state index contributed by atoms with van der Waals surface area (Å²) >= 11 is 0. The van der Waals surface area contributed by atoms with Gasteiger partial charge in [-0.1, -0.05) is 12.1 Å². The van der Waals surface area contributed by atoms with Gasteiger partial charge in [0, 0.05) is 5.69 Å². The molecule has 0 bridgehead atoms. The summed E-state index contributed by atoms with van der Waals surface area (Å²) in [7, 11) is 0. The molecule has 1 amide bonds. The molecule has 144 valence electrons. The van der Waals surface area contributed by atoms with E-state index < -0.39 is 5.97 Å². The van der Waals surface area contributed by atoms with Crippen molar-refractivity contribution in [2.75, 3.05) is 17.2 Å². The lowest BCUT2D eigenvalue weighted by molar-refractivity contribution is 0.0526. The van der Waals surface area contributed by atoms with Crippen LogP contribution in [0, 0.1) is 11.3 Å². The molecule has 0 radical (unpaired) electrons. The van der Waals surface area contributed by atoms with E-state index in [-0.39, 0.29) is 11.6 Å². The van der Waals surface area contributed by atoms with Crippen molar-refractivity contribution in [2.45, 2.75) is 6.92 Å². The summed E-state index contributed by atoms with van der Waals surface area (Å²) in [6, 6.07) is 18.9. The van der Waals surface area contributed by atoms with Crippen molar-refractivity contribution < 1.29 is 14.3 Å². The van der Waals surface area contributed by atoms with Gasteiger partial charge in [-0.2, -0.15) is 5.26 Å². The Morgan fingerprint density at radius 2 is 1.76 bits per heavy atom. The van der Waals surface area contributed by atoms with Crippen LogP contribution in [0.4, 0.5) is 17.1 Å². The van der Waals surface area contributed by atoms with Crippen LogP contribution in [-0.2, 0) is 4.74 Å². The van der Waals surface area contributed by atoms with Crippen LogP contribution in [-0.4, -0.2) is 23.5 Å². The van der Waals surface area contributed by atoms with Crippen molar-refractivity contribution in [1.29, 1.82) is 5.26 Å². The minimum Gasteiger partial charge on any atom is -0.462 e. The van der Waals surface area contributed by atoms with E-state index in [4.69, 9.17) is 10.00 Å². The van der Waals surface area contributed by atoms with Gasteiger partial charge in [-0.3, -0.25) is 4.79 Å². The molecule has 2 aromatic carbocycles. The summed E-state index contributed by atoms with van der Waals surface area (Å²) in [4.78, 5) is 28.2. The number of aromatic nitrogens is 1. The number of nitrogens with one attached hydrogen (secondary N) is 2. The van der Waals surface area contributed by atoms with Crippen molar-refractivity contribution in [3.63, 3.8) is 0 Å². The van der Waals surface area contributed by atoms with E-state index in [1.165, 1.54) is 6.20 Å². The highest BCUT2D eigenvalue weighted by atomic mass is 16.5. The molecular weight excluding hydrogens is 368 g/mol. The third-order valence-electron chi connectivity index (χ3n) is 3.98. The van der Waals surface area contributed by atoms with E-state index in [0.717, 1.165) is 0 Å². The molecule has 0 aliphatic heterocycles. The summed E-state index contributed by atoms with van der Waals surface area (Å²) in [6.07, 6.45) is 1.52. The van der Waals surface area contributed by atoms with Crippen LogP contribution >= 0.6 is 0 Å². The summed E-state index contributed by atoms with van der Waals surface area (Å²) < 4.78 is 4.93. The molecule has 3 rings (SSSR count). The number of anilines is 3. The molecule has 0 unspecified atom stereocenters. The standard InChI is InChI=1S/C22H18N4O3/c1-2-29-22(28)15-7-9-17(10-8-15)26-21(27)20-12-11-18(14-24-20)25-19-6-4-3-5-16(19)13-23/h3-12,14,25H,2H2,1H3,(H,26,27). The Morgan fingerprint density at radius 1 is 1.03 bits per heavy atom. The number of hydrogen-bond donors (Lipinski definition) is 2. The Kier molecular flexibility index (Phi) is 6.18. The summed E-state index contributed by atoms with van der Waals surface area (Å²) in [5.74, 6) is -0.786. The fourth-order valence-electron chi connectivity index (χ4n) is 2.55. The molecule has 0 spiro atoms. The van der Waals surface area contributed by atoms with E-state index in [1.807, 2.05) is 6.07 Å². The lowest BCUT2D eigenvalue weighted by Gasteiger charge is -2.09. The number of hydrogen-bond acceptors (Lipinski definition) is 6. The number of nitrogens with zero attached hydrogens (tertiary/aromatic N) is 2. The highest BCUT2D eigenvalue weighted by Gasteiger charge is 2.10. The molecule has 3 aromatic rings. The first kappa shape index (κ1) is 19.6. The summed E-state index contributed by atoms with van der Waals surface area (Å²) in [6.45, 7) is 2.04. The minimum atomic E-state index is -0.409. The molecule has 1 aromatic heterocycles. The lowest BCUT2D eigenvalue weighted by atomic mass is 10.2. The zero-order valence-corrected chi connectivity index (χ0v) is 15.7. The molecule has 0 atom stereocenters. The second-order valence-electron chi connectivity index (χ2n) is 5.97. The third-order valence-corrected chi connectivity index (χ3v) is 3.98. The highest BCUT2D eigenvalue weighted by molar-refractivity contribution is 6.03. The number of rotatable bonds is 6. The highest BCUT2D eigenvalue weighted by Crippen LogP contribution is 2.20. The topological polar surface area (TPSA) is 104 Å².